The average Bonchev–Trinajstić information content (AvgIpc) is 2.62. The highest BCUT2D eigenvalue weighted by Gasteiger charge is 2.19. The summed E-state index contributed by atoms with van der Waals surface area (Å²) in [6.07, 6.45) is -0.951. The normalized spacial score (nSPS) is 11.4. The van der Waals surface area contributed by atoms with E-state index < -0.39 is 24.6 Å². The van der Waals surface area contributed by atoms with E-state index in [1.807, 2.05) is 0 Å². The summed E-state index contributed by atoms with van der Waals surface area (Å²) in [6, 6.07) is 11.5. The summed E-state index contributed by atoms with van der Waals surface area (Å²) < 4.78 is 15.5. The van der Waals surface area contributed by atoms with Crippen molar-refractivity contribution in [2.75, 3.05) is 19.0 Å². The third-order valence-electron chi connectivity index (χ3n) is 3.26. The Morgan fingerprint density at radius 1 is 1.12 bits per heavy atom. The maximum Gasteiger partial charge on any atom is 0.347 e. The molecule has 1 amide bonds. The molecule has 0 saturated carbocycles. The van der Waals surface area contributed by atoms with Gasteiger partial charge >= 0.3 is 5.97 Å². The van der Waals surface area contributed by atoms with Crippen LogP contribution in [0, 0.1) is 0 Å². The second-order valence-corrected chi connectivity index (χ2v) is 6.03. The third-order valence-corrected chi connectivity index (χ3v) is 3.79. The van der Waals surface area contributed by atoms with Crippen molar-refractivity contribution in [2.45, 2.75) is 13.0 Å². The summed E-state index contributed by atoms with van der Waals surface area (Å²) in [5.74, 6) is -0.411. The predicted octanol–water partition coefficient (Wildman–Crippen LogP) is 3.95. The van der Waals surface area contributed by atoms with Crippen molar-refractivity contribution in [1.82, 2.24) is 0 Å². The molecule has 0 heterocycles. The van der Waals surface area contributed by atoms with E-state index in [2.05, 4.69) is 5.32 Å². The zero-order valence-corrected chi connectivity index (χ0v) is 15.6. The SMILES string of the molecule is COc1ccccc1NC(=O)COC(=O)[C@H](C)Oc1ccc(Cl)cc1Cl. The van der Waals surface area contributed by atoms with E-state index >= 15 is 0 Å². The number of hydrogen-bond donors (Lipinski definition) is 1. The lowest BCUT2D eigenvalue weighted by atomic mass is 10.3. The summed E-state index contributed by atoms with van der Waals surface area (Å²) in [7, 11) is 1.49. The lowest BCUT2D eigenvalue weighted by Gasteiger charge is -2.15. The van der Waals surface area contributed by atoms with Gasteiger partial charge in [0.2, 0.25) is 0 Å². The standard InChI is InChI=1S/C18H17Cl2NO5/c1-11(26-15-8-7-12(19)9-13(15)20)18(23)25-10-17(22)21-14-5-3-4-6-16(14)24-2/h3-9,11H,10H2,1-2H3,(H,21,22)/t11-/m0/s1. The van der Waals surface area contributed by atoms with Gasteiger partial charge in [-0.15, -0.1) is 0 Å². The first-order valence-corrected chi connectivity index (χ1v) is 8.37. The van der Waals surface area contributed by atoms with E-state index in [-0.39, 0.29) is 5.02 Å². The highest BCUT2D eigenvalue weighted by Crippen LogP contribution is 2.28. The number of methoxy groups -OCH3 is 1. The number of rotatable bonds is 7. The van der Waals surface area contributed by atoms with E-state index in [1.165, 1.54) is 20.1 Å². The molecule has 0 bridgehead atoms. The number of anilines is 1. The van der Waals surface area contributed by atoms with Gasteiger partial charge in [0.05, 0.1) is 17.8 Å². The third kappa shape index (κ3) is 5.54. The Balaban J connectivity index is 1.86. The van der Waals surface area contributed by atoms with E-state index in [4.69, 9.17) is 37.4 Å². The molecule has 2 aromatic carbocycles. The zero-order valence-electron chi connectivity index (χ0n) is 14.1. The lowest BCUT2D eigenvalue weighted by molar-refractivity contribution is -0.153. The molecule has 0 radical (unpaired) electrons. The van der Waals surface area contributed by atoms with Crippen molar-refractivity contribution in [3.63, 3.8) is 0 Å². The maximum atomic E-state index is 12.0. The minimum Gasteiger partial charge on any atom is -0.495 e. The molecule has 8 heteroatoms. The van der Waals surface area contributed by atoms with Gasteiger partial charge in [-0.3, -0.25) is 4.79 Å². The number of hydrogen-bond acceptors (Lipinski definition) is 5. The van der Waals surface area contributed by atoms with Crippen molar-refractivity contribution < 1.29 is 23.8 Å². The fraction of sp³-hybridized carbons (Fsp3) is 0.222. The van der Waals surface area contributed by atoms with Crippen LogP contribution in [0.4, 0.5) is 5.69 Å². The largest absolute Gasteiger partial charge is 0.495 e. The molecule has 6 nitrogen and oxygen atoms in total. The molecule has 1 N–H and O–H groups in total. The van der Waals surface area contributed by atoms with Gasteiger partial charge in [-0.2, -0.15) is 0 Å². The molecule has 138 valence electrons. The van der Waals surface area contributed by atoms with Crippen LogP contribution in [0.1, 0.15) is 6.92 Å². The van der Waals surface area contributed by atoms with Crippen LogP contribution in [0.15, 0.2) is 42.5 Å². The Kier molecular flexibility index (Phi) is 7.12. The number of halogens is 2. The van der Waals surface area contributed by atoms with Crippen LogP contribution in [-0.2, 0) is 14.3 Å². The first-order chi connectivity index (χ1) is 12.4. The van der Waals surface area contributed by atoms with E-state index in [0.29, 0.717) is 22.2 Å². The monoisotopic (exact) mass is 397 g/mol. The summed E-state index contributed by atoms with van der Waals surface area (Å²) >= 11 is 11.8. The van der Waals surface area contributed by atoms with Crippen LogP contribution in [0.2, 0.25) is 10.0 Å². The van der Waals surface area contributed by atoms with E-state index in [1.54, 1.807) is 36.4 Å². The smallest absolute Gasteiger partial charge is 0.347 e. The second-order valence-electron chi connectivity index (χ2n) is 5.19. The zero-order chi connectivity index (χ0) is 19.1. The Labute approximate surface area is 160 Å². The highest BCUT2D eigenvalue weighted by molar-refractivity contribution is 6.35. The molecule has 26 heavy (non-hydrogen) atoms. The maximum absolute atomic E-state index is 12.0. The van der Waals surface area contributed by atoms with Crippen molar-refractivity contribution in [1.29, 1.82) is 0 Å². The summed E-state index contributed by atoms with van der Waals surface area (Å²) in [5, 5.41) is 3.32. The Hall–Kier alpha value is -2.44. The Morgan fingerprint density at radius 2 is 1.85 bits per heavy atom. The summed E-state index contributed by atoms with van der Waals surface area (Å²) in [5.41, 5.74) is 0.480. The molecule has 1 atom stereocenters. The van der Waals surface area contributed by atoms with Crippen molar-refractivity contribution in [3.05, 3.63) is 52.5 Å². The average molecular weight is 398 g/mol. The van der Waals surface area contributed by atoms with E-state index in [0.717, 1.165) is 0 Å². The number of para-hydroxylation sites is 2. The fourth-order valence-electron chi connectivity index (χ4n) is 2.00. The second kappa shape index (κ2) is 9.31. The first-order valence-electron chi connectivity index (χ1n) is 7.62. The molecule has 0 aliphatic carbocycles. The molecule has 2 aromatic rings. The van der Waals surface area contributed by atoms with Gasteiger partial charge in [-0.05, 0) is 37.3 Å². The van der Waals surface area contributed by atoms with Crippen LogP contribution >= 0.6 is 23.2 Å². The van der Waals surface area contributed by atoms with Crippen LogP contribution in [0.3, 0.4) is 0 Å². The number of esters is 1. The quantitative estimate of drug-likeness (QED) is 0.715. The number of amides is 1. The first kappa shape index (κ1) is 19.9. The molecular weight excluding hydrogens is 381 g/mol. The fourth-order valence-corrected chi connectivity index (χ4v) is 2.45. The molecule has 0 aromatic heterocycles. The molecule has 0 aliphatic rings. The molecule has 0 aliphatic heterocycles. The van der Waals surface area contributed by atoms with Crippen LogP contribution < -0.4 is 14.8 Å². The number of nitrogens with one attached hydrogen (secondary N) is 1. The van der Waals surface area contributed by atoms with Crippen molar-refractivity contribution in [3.8, 4) is 11.5 Å². The molecule has 0 unspecified atom stereocenters. The molecular formula is C18H17Cl2NO5. The minimum atomic E-state index is -0.951. The topological polar surface area (TPSA) is 73.9 Å². The Morgan fingerprint density at radius 3 is 2.54 bits per heavy atom. The molecule has 0 spiro atoms. The molecule has 0 saturated heterocycles. The Bertz CT molecular complexity index is 797. The van der Waals surface area contributed by atoms with Gasteiger partial charge in [0.25, 0.3) is 5.91 Å². The summed E-state index contributed by atoms with van der Waals surface area (Å²) in [4.78, 5) is 23.9. The minimum absolute atomic E-state index is 0.270. The molecule has 2 rings (SSSR count). The van der Waals surface area contributed by atoms with Crippen LogP contribution in [-0.4, -0.2) is 31.7 Å². The number of ether oxygens (including phenoxy) is 3. The van der Waals surface area contributed by atoms with Crippen LogP contribution in [0.25, 0.3) is 0 Å². The predicted molar refractivity (Wildman–Crippen MR) is 99.1 cm³/mol. The van der Waals surface area contributed by atoms with E-state index in [9.17, 15) is 9.59 Å². The van der Waals surface area contributed by atoms with Gasteiger partial charge in [0.15, 0.2) is 12.7 Å². The number of benzene rings is 2. The van der Waals surface area contributed by atoms with Gasteiger partial charge < -0.3 is 19.5 Å². The van der Waals surface area contributed by atoms with Gasteiger partial charge in [-0.1, -0.05) is 35.3 Å². The van der Waals surface area contributed by atoms with Crippen LogP contribution in [0.5, 0.6) is 11.5 Å². The van der Waals surface area contributed by atoms with Crippen molar-refractivity contribution >= 4 is 40.8 Å². The number of carbonyl (C=O) groups excluding carboxylic acids is 2. The lowest BCUT2D eigenvalue weighted by Crippen LogP contribution is -2.29. The van der Waals surface area contributed by atoms with Crippen molar-refractivity contribution in [2.24, 2.45) is 0 Å². The molecule has 0 fully saturated rings. The van der Waals surface area contributed by atoms with Gasteiger partial charge in [0.1, 0.15) is 11.5 Å². The number of carbonyl (C=O) groups is 2. The highest BCUT2D eigenvalue weighted by atomic mass is 35.5. The van der Waals surface area contributed by atoms with Gasteiger partial charge in [0, 0.05) is 5.02 Å². The van der Waals surface area contributed by atoms with Gasteiger partial charge in [-0.25, -0.2) is 4.79 Å². The summed E-state index contributed by atoms with van der Waals surface area (Å²) in [6.45, 7) is 1.03.